The number of hydrogen-bond acceptors (Lipinski definition) is 3. The first-order valence-electron chi connectivity index (χ1n) is 2.80. The van der Waals surface area contributed by atoms with Gasteiger partial charge >= 0.3 is 0 Å². The molecule has 0 spiro atoms. The van der Waals surface area contributed by atoms with Crippen LogP contribution in [0.1, 0.15) is 0 Å². The highest BCUT2D eigenvalue weighted by Crippen LogP contribution is 1.78. The molecule has 52 valence electrons. The van der Waals surface area contributed by atoms with E-state index in [9.17, 15) is 0 Å². The molecule has 0 rings (SSSR count). The van der Waals surface area contributed by atoms with E-state index in [0.29, 0.717) is 13.1 Å². The highest BCUT2D eigenvalue weighted by Gasteiger charge is 1.85. The van der Waals surface area contributed by atoms with Gasteiger partial charge in [0.05, 0.1) is 0 Å². The lowest BCUT2D eigenvalue weighted by molar-refractivity contribution is 0.859. The minimum Gasteiger partial charge on any atom is -0.403 e. The van der Waals surface area contributed by atoms with Crippen molar-refractivity contribution in [3.63, 3.8) is 0 Å². The van der Waals surface area contributed by atoms with Crippen LogP contribution in [0.15, 0.2) is 24.6 Å². The molecule has 0 saturated carbocycles. The minimum absolute atomic E-state index is 0.449. The monoisotopic (exact) mass is 127 g/mol. The van der Waals surface area contributed by atoms with Crippen molar-refractivity contribution < 1.29 is 0 Å². The second kappa shape index (κ2) is 5.18. The van der Waals surface area contributed by atoms with E-state index in [1.165, 1.54) is 6.20 Å². The summed E-state index contributed by atoms with van der Waals surface area (Å²) in [6, 6.07) is 0. The van der Waals surface area contributed by atoms with Gasteiger partial charge in [-0.05, 0) is 0 Å². The van der Waals surface area contributed by atoms with Gasteiger partial charge in [-0.2, -0.15) is 0 Å². The molecule has 0 bridgehead atoms. The molecule has 0 aromatic rings. The van der Waals surface area contributed by atoms with Crippen LogP contribution in [-0.2, 0) is 0 Å². The van der Waals surface area contributed by atoms with Crippen LogP contribution in [0.3, 0.4) is 0 Å². The maximum absolute atomic E-state index is 5.28. The maximum atomic E-state index is 5.28. The fourth-order valence-electron chi connectivity index (χ4n) is 0.402. The van der Waals surface area contributed by atoms with E-state index in [4.69, 9.17) is 11.5 Å². The van der Waals surface area contributed by atoms with Gasteiger partial charge in [-0.3, -0.25) is 0 Å². The SMILES string of the molecule is C=CCN/C(=C\N)CN. The number of nitrogens with two attached hydrogens (primary N) is 2. The van der Waals surface area contributed by atoms with Gasteiger partial charge in [0.1, 0.15) is 0 Å². The van der Waals surface area contributed by atoms with Crippen molar-refractivity contribution in [1.82, 2.24) is 5.32 Å². The molecule has 3 heteroatoms. The summed E-state index contributed by atoms with van der Waals surface area (Å²) in [5.41, 5.74) is 11.3. The summed E-state index contributed by atoms with van der Waals surface area (Å²) in [6.45, 7) is 4.69. The molecular formula is C6H13N3. The fraction of sp³-hybridized carbons (Fsp3) is 0.333. The third-order valence-electron chi connectivity index (χ3n) is 0.895. The van der Waals surface area contributed by atoms with Crippen LogP contribution in [-0.4, -0.2) is 13.1 Å². The van der Waals surface area contributed by atoms with E-state index in [0.717, 1.165) is 5.70 Å². The second-order valence-electron chi connectivity index (χ2n) is 1.57. The molecule has 0 aromatic heterocycles. The molecule has 0 aliphatic heterocycles. The van der Waals surface area contributed by atoms with E-state index in [1.807, 2.05) is 0 Å². The lowest BCUT2D eigenvalue weighted by Gasteiger charge is -2.03. The van der Waals surface area contributed by atoms with Crippen LogP contribution >= 0.6 is 0 Å². The average molecular weight is 127 g/mol. The van der Waals surface area contributed by atoms with Crippen LogP contribution in [0.5, 0.6) is 0 Å². The first-order chi connectivity index (χ1) is 4.35. The third-order valence-corrected chi connectivity index (χ3v) is 0.895. The van der Waals surface area contributed by atoms with Gasteiger partial charge in [-0.15, -0.1) is 6.58 Å². The first kappa shape index (κ1) is 8.04. The topological polar surface area (TPSA) is 64.1 Å². The molecule has 0 fully saturated rings. The molecule has 0 unspecified atom stereocenters. The number of rotatable bonds is 4. The van der Waals surface area contributed by atoms with E-state index in [1.54, 1.807) is 6.08 Å². The zero-order valence-electron chi connectivity index (χ0n) is 5.43. The summed E-state index contributed by atoms with van der Waals surface area (Å²) in [5, 5.41) is 2.96. The smallest absolute Gasteiger partial charge is 0.0405 e. The second-order valence-corrected chi connectivity index (χ2v) is 1.57. The molecule has 0 aliphatic rings. The Labute approximate surface area is 55.4 Å². The normalized spacial score (nSPS) is 11.0. The zero-order valence-corrected chi connectivity index (χ0v) is 5.43. The van der Waals surface area contributed by atoms with Crippen molar-refractivity contribution in [1.29, 1.82) is 0 Å². The summed E-state index contributed by atoms with van der Waals surface area (Å²) < 4.78 is 0. The van der Waals surface area contributed by atoms with Gasteiger partial charge in [0, 0.05) is 25.0 Å². The van der Waals surface area contributed by atoms with Gasteiger partial charge in [0.2, 0.25) is 0 Å². The molecule has 0 amide bonds. The largest absolute Gasteiger partial charge is 0.403 e. The number of hydrogen-bond donors (Lipinski definition) is 3. The van der Waals surface area contributed by atoms with Gasteiger partial charge in [-0.25, -0.2) is 0 Å². The average Bonchev–Trinajstić information content (AvgIpc) is 1.91. The highest BCUT2D eigenvalue weighted by molar-refractivity contribution is 4.99. The number of nitrogens with one attached hydrogen (secondary N) is 1. The predicted molar refractivity (Wildman–Crippen MR) is 39.5 cm³/mol. The molecule has 5 N–H and O–H groups in total. The molecule has 0 saturated heterocycles. The van der Waals surface area contributed by atoms with Crippen molar-refractivity contribution in [3.8, 4) is 0 Å². The molecule has 9 heavy (non-hydrogen) atoms. The van der Waals surface area contributed by atoms with Crippen LogP contribution in [0, 0.1) is 0 Å². The molecule has 0 aliphatic carbocycles. The Bertz CT molecular complexity index is 107. The van der Waals surface area contributed by atoms with Crippen molar-refractivity contribution in [2.24, 2.45) is 11.5 Å². The third kappa shape index (κ3) is 3.61. The Morgan fingerprint density at radius 2 is 2.33 bits per heavy atom. The Morgan fingerprint density at radius 1 is 1.67 bits per heavy atom. The van der Waals surface area contributed by atoms with Gasteiger partial charge in [-0.1, -0.05) is 6.08 Å². The lowest BCUT2D eigenvalue weighted by atomic mass is 10.4. The Balaban J connectivity index is 3.44. The Kier molecular flexibility index (Phi) is 4.63. The van der Waals surface area contributed by atoms with Crippen LogP contribution < -0.4 is 16.8 Å². The quantitative estimate of drug-likeness (QED) is 0.447. The van der Waals surface area contributed by atoms with Crippen LogP contribution in [0.2, 0.25) is 0 Å². The van der Waals surface area contributed by atoms with E-state index >= 15 is 0 Å². The van der Waals surface area contributed by atoms with Crippen molar-refractivity contribution in [2.75, 3.05) is 13.1 Å². The van der Waals surface area contributed by atoms with Crippen LogP contribution in [0.4, 0.5) is 0 Å². The fourth-order valence-corrected chi connectivity index (χ4v) is 0.402. The maximum Gasteiger partial charge on any atom is 0.0405 e. The summed E-state index contributed by atoms with van der Waals surface area (Å²) in [6.07, 6.45) is 3.21. The van der Waals surface area contributed by atoms with Gasteiger partial charge < -0.3 is 16.8 Å². The predicted octanol–water partition coefficient (Wildman–Crippen LogP) is -0.479. The molecule has 3 nitrogen and oxygen atoms in total. The highest BCUT2D eigenvalue weighted by atomic mass is 14.9. The van der Waals surface area contributed by atoms with Crippen LogP contribution in [0.25, 0.3) is 0 Å². The standard InChI is InChI=1S/C6H13N3/c1-2-3-9-6(4-7)5-8/h2,4,9H,1,3,5,7-8H2/b6-4-. The molecule has 0 heterocycles. The lowest BCUT2D eigenvalue weighted by Crippen LogP contribution is -2.21. The molecule has 0 aromatic carbocycles. The molecular weight excluding hydrogens is 114 g/mol. The first-order valence-corrected chi connectivity index (χ1v) is 2.80. The van der Waals surface area contributed by atoms with E-state index < -0.39 is 0 Å². The minimum atomic E-state index is 0.449. The summed E-state index contributed by atoms with van der Waals surface area (Å²) >= 11 is 0. The van der Waals surface area contributed by atoms with Gasteiger partial charge in [0.25, 0.3) is 0 Å². The van der Waals surface area contributed by atoms with Crippen molar-refractivity contribution in [2.45, 2.75) is 0 Å². The zero-order chi connectivity index (χ0) is 7.11. The van der Waals surface area contributed by atoms with E-state index in [2.05, 4.69) is 11.9 Å². The summed E-state index contributed by atoms with van der Waals surface area (Å²) in [4.78, 5) is 0. The van der Waals surface area contributed by atoms with Crippen molar-refractivity contribution >= 4 is 0 Å². The molecule has 0 atom stereocenters. The summed E-state index contributed by atoms with van der Waals surface area (Å²) in [5.74, 6) is 0. The van der Waals surface area contributed by atoms with Crippen molar-refractivity contribution in [3.05, 3.63) is 24.6 Å². The molecule has 0 radical (unpaired) electrons. The Hall–Kier alpha value is -0.960. The van der Waals surface area contributed by atoms with Gasteiger partial charge in [0.15, 0.2) is 0 Å². The Morgan fingerprint density at radius 3 is 2.67 bits per heavy atom. The van der Waals surface area contributed by atoms with E-state index in [-0.39, 0.29) is 0 Å². The summed E-state index contributed by atoms with van der Waals surface area (Å²) in [7, 11) is 0.